The predicted molar refractivity (Wildman–Crippen MR) is 43.7 cm³/mol. The third kappa shape index (κ3) is 3.65. The Kier molecular flexibility index (Phi) is 5.27. The normalized spacial score (nSPS) is 16.3. The maximum atomic E-state index is 12.1. The molecule has 0 amide bonds. The highest BCUT2D eigenvalue weighted by molar-refractivity contribution is 4.76. The van der Waals surface area contributed by atoms with Gasteiger partial charge < -0.3 is 0 Å². The summed E-state index contributed by atoms with van der Waals surface area (Å²) in [7, 11) is 0. The van der Waals surface area contributed by atoms with Crippen molar-refractivity contribution in [3.63, 3.8) is 0 Å². The first-order valence-corrected chi connectivity index (χ1v) is 3.93. The fourth-order valence-corrected chi connectivity index (χ4v) is 0.961. The molecule has 0 aromatic rings. The molecule has 0 radical (unpaired) electrons. The SMILES string of the molecule is C=CC(C)CC(CC)CF. The average molecular weight is 144 g/mol. The quantitative estimate of drug-likeness (QED) is 0.520. The fraction of sp³-hybridized carbons (Fsp3) is 0.778. The molecule has 1 heteroatoms. The van der Waals surface area contributed by atoms with E-state index >= 15 is 0 Å². The van der Waals surface area contributed by atoms with Gasteiger partial charge in [-0.05, 0) is 18.3 Å². The molecule has 0 fully saturated rings. The van der Waals surface area contributed by atoms with Crippen LogP contribution in [0, 0.1) is 11.8 Å². The zero-order valence-electron chi connectivity index (χ0n) is 6.94. The summed E-state index contributed by atoms with van der Waals surface area (Å²) in [5.74, 6) is 0.702. The van der Waals surface area contributed by atoms with E-state index in [0.717, 1.165) is 12.8 Å². The van der Waals surface area contributed by atoms with E-state index in [-0.39, 0.29) is 12.6 Å². The molecule has 0 spiro atoms. The van der Waals surface area contributed by atoms with E-state index in [2.05, 4.69) is 13.5 Å². The van der Waals surface area contributed by atoms with Crippen molar-refractivity contribution in [1.29, 1.82) is 0 Å². The van der Waals surface area contributed by atoms with Crippen LogP contribution in [0.25, 0.3) is 0 Å². The number of hydrogen-bond acceptors (Lipinski definition) is 0. The van der Waals surface area contributed by atoms with Gasteiger partial charge in [0.25, 0.3) is 0 Å². The molecule has 0 bridgehead atoms. The summed E-state index contributed by atoms with van der Waals surface area (Å²) in [6.45, 7) is 7.58. The van der Waals surface area contributed by atoms with E-state index in [9.17, 15) is 4.39 Å². The Balaban J connectivity index is 3.51. The first kappa shape index (κ1) is 9.67. The van der Waals surface area contributed by atoms with E-state index in [1.54, 1.807) is 0 Å². The van der Waals surface area contributed by atoms with Crippen molar-refractivity contribution in [2.24, 2.45) is 11.8 Å². The van der Waals surface area contributed by atoms with Crippen molar-refractivity contribution in [1.82, 2.24) is 0 Å². The van der Waals surface area contributed by atoms with Gasteiger partial charge in [0.1, 0.15) is 0 Å². The van der Waals surface area contributed by atoms with Gasteiger partial charge in [0.15, 0.2) is 0 Å². The lowest BCUT2D eigenvalue weighted by Gasteiger charge is -2.12. The molecule has 0 aliphatic carbocycles. The highest BCUT2D eigenvalue weighted by atomic mass is 19.1. The molecule has 0 aromatic carbocycles. The van der Waals surface area contributed by atoms with E-state index in [4.69, 9.17) is 0 Å². The van der Waals surface area contributed by atoms with Gasteiger partial charge >= 0.3 is 0 Å². The van der Waals surface area contributed by atoms with Gasteiger partial charge in [0.2, 0.25) is 0 Å². The summed E-state index contributed by atoms with van der Waals surface area (Å²) in [6.07, 6.45) is 3.77. The topological polar surface area (TPSA) is 0 Å². The van der Waals surface area contributed by atoms with Gasteiger partial charge in [-0.15, -0.1) is 6.58 Å². The zero-order valence-corrected chi connectivity index (χ0v) is 6.94. The van der Waals surface area contributed by atoms with E-state index in [1.807, 2.05) is 13.0 Å². The minimum atomic E-state index is -0.186. The van der Waals surface area contributed by atoms with Crippen LogP contribution in [0.5, 0.6) is 0 Å². The van der Waals surface area contributed by atoms with Crippen LogP contribution in [0.4, 0.5) is 4.39 Å². The minimum Gasteiger partial charge on any atom is -0.251 e. The van der Waals surface area contributed by atoms with Gasteiger partial charge in [0.05, 0.1) is 6.67 Å². The maximum absolute atomic E-state index is 12.1. The van der Waals surface area contributed by atoms with Crippen LogP contribution in [-0.2, 0) is 0 Å². The molecule has 0 aliphatic heterocycles. The Bertz CT molecular complexity index is 84.7. The van der Waals surface area contributed by atoms with Gasteiger partial charge in [0, 0.05) is 0 Å². The molecular weight excluding hydrogens is 127 g/mol. The summed E-state index contributed by atoms with van der Waals surface area (Å²) in [5, 5.41) is 0. The lowest BCUT2D eigenvalue weighted by atomic mass is 9.95. The molecule has 0 saturated heterocycles. The Morgan fingerprint density at radius 3 is 2.50 bits per heavy atom. The second kappa shape index (κ2) is 5.45. The Hall–Kier alpha value is -0.330. The maximum Gasteiger partial charge on any atom is 0.0922 e. The number of rotatable bonds is 5. The van der Waals surface area contributed by atoms with Crippen LogP contribution < -0.4 is 0 Å². The van der Waals surface area contributed by atoms with Crippen LogP contribution >= 0.6 is 0 Å². The van der Waals surface area contributed by atoms with Crippen molar-refractivity contribution in [2.45, 2.75) is 26.7 Å². The number of allylic oxidation sites excluding steroid dienone is 1. The summed E-state index contributed by atoms with van der Waals surface area (Å²) in [4.78, 5) is 0. The molecule has 0 aromatic heterocycles. The summed E-state index contributed by atoms with van der Waals surface area (Å²) >= 11 is 0. The third-order valence-corrected chi connectivity index (χ3v) is 1.90. The highest BCUT2D eigenvalue weighted by Crippen LogP contribution is 2.16. The molecule has 2 unspecified atom stereocenters. The largest absolute Gasteiger partial charge is 0.251 e. The molecule has 0 nitrogen and oxygen atoms in total. The molecular formula is C9H17F. The molecule has 0 heterocycles. The Morgan fingerprint density at radius 1 is 1.60 bits per heavy atom. The summed E-state index contributed by atoms with van der Waals surface area (Å²) in [5.41, 5.74) is 0. The Morgan fingerprint density at radius 2 is 2.20 bits per heavy atom. The van der Waals surface area contributed by atoms with Crippen molar-refractivity contribution in [3.8, 4) is 0 Å². The first-order chi connectivity index (χ1) is 4.74. The van der Waals surface area contributed by atoms with Crippen LogP contribution in [0.3, 0.4) is 0 Å². The second-order valence-corrected chi connectivity index (χ2v) is 2.88. The van der Waals surface area contributed by atoms with Crippen molar-refractivity contribution in [3.05, 3.63) is 12.7 Å². The summed E-state index contributed by atoms with van der Waals surface area (Å²) in [6, 6.07) is 0. The predicted octanol–water partition coefficient (Wildman–Crippen LogP) is 3.19. The van der Waals surface area contributed by atoms with Crippen molar-refractivity contribution < 1.29 is 4.39 Å². The van der Waals surface area contributed by atoms with E-state index in [0.29, 0.717) is 5.92 Å². The molecule has 0 N–H and O–H groups in total. The van der Waals surface area contributed by atoms with Gasteiger partial charge in [-0.2, -0.15) is 0 Å². The van der Waals surface area contributed by atoms with Gasteiger partial charge in [-0.25, -0.2) is 0 Å². The van der Waals surface area contributed by atoms with Crippen molar-refractivity contribution in [2.75, 3.05) is 6.67 Å². The number of alkyl halides is 1. The highest BCUT2D eigenvalue weighted by Gasteiger charge is 2.07. The van der Waals surface area contributed by atoms with Gasteiger partial charge in [-0.3, -0.25) is 4.39 Å². The van der Waals surface area contributed by atoms with Crippen molar-refractivity contribution >= 4 is 0 Å². The zero-order chi connectivity index (χ0) is 7.98. The molecule has 2 atom stereocenters. The fourth-order valence-electron chi connectivity index (χ4n) is 0.961. The monoisotopic (exact) mass is 144 g/mol. The molecule has 0 aliphatic rings. The lowest BCUT2D eigenvalue weighted by Crippen LogP contribution is -2.05. The molecule has 0 rings (SSSR count). The van der Waals surface area contributed by atoms with Crippen LogP contribution in [0.15, 0.2) is 12.7 Å². The molecule has 0 saturated carbocycles. The minimum absolute atomic E-state index is 0.186. The second-order valence-electron chi connectivity index (χ2n) is 2.88. The van der Waals surface area contributed by atoms with Crippen LogP contribution in [0.1, 0.15) is 26.7 Å². The van der Waals surface area contributed by atoms with E-state index < -0.39 is 0 Å². The summed E-state index contributed by atoms with van der Waals surface area (Å²) < 4.78 is 12.1. The first-order valence-electron chi connectivity index (χ1n) is 3.93. The standard InChI is InChI=1S/C9H17F/c1-4-8(3)6-9(5-2)7-10/h4,8-9H,1,5-7H2,2-3H3. The van der Waals surface area contributed by atoms with E-state index in [1.165, 1.54) is 0 Å². The van der Waals surface area contributed by atoms with Crippen LogP contribution in [-0.4, -0.2) is 6.67 Å². The van der Waals surface area contributed by atoms with Crippen LogP contribution in [0.2, 0.25) is 0 Å². The molecule has 10 heavy (non-hydrogen) atoms. The lowest BCUT2D eigenvalue weighted by molar-refractivity contribution is 0.315. The molecule has 60 valence electrons. The number of hydrogen-bond donors (Lipinski definition) is 0. The Labute approximate surface area is 63.1 Å². The third-order valence-electron chi connectivity index (χ3n) is 1.90. The average Bonchev–Trinajstić information content (AvgIpc) is 1.99. The number of halogens is 1. The van der Waals surface area contributed by atoms with Gasteiger partial charge in [-0.1, -0.05) is 26.3 Å². The smallest absolute Gasteiger partial charge is 0.0922 e.